The van der Waals surface area contributed by atoms with Crippen LogP contribution in [0.4, 0.5) is 11.4 Å². The lowest BCUT2D eigenvalue weighted by atomic mass is 10.2. The fourth-order valence-electron chi connectivity index (χ4n) is 2.52. The minimum Gasteiger partial charge on any atom is -0.497 e. The zero-order valence-corrected chi connectivity index (χ0v) is 18.5. The van der Waals surface area contributed by atoms with E-state index in [0.29, 0.717) is 18.0 Å². The van der Waals surface area contributed by atoms with Gasteiger partial charge < -0.3 is 14.8 Å². The maximum absolute atomic E-state index is 13.1. The Balaban J connectivity index is 2.59. The highest BCUT2D eigenvalue weighted by Gasteiger charge is 2.24. The largest absolute Gasteiger partial charge is 0.497 e. The van der Waals surface area contributed by atoms with Gasteiger partial charge in [-0.1, -0.05) is 0 Å². The molecular weight excluding hydrogens is 418 g/mol. The van der Waals surface area contributed by atoms with Gasteiger partial charge in [-0.15, -0.1) is 0 Å². The first-order valence-electron chi connectivity index (χ1n) is 8.62. The van der Waals surface area contributed by atoms with Crippen molar-refractivity contribution in [2.24, 2.45) is 0 Å². The highest BCUT2D eigenvalue weighted by Crippen LogP contribution is 2.33. The molecule has 2 rings (SSSR count). The number of hydrogen-bond donors (Lipinski definition) is 2. The van der Waals surface area contributed by atoms with E-state index in [-0.39, 0.29) is 21.2 Å². The van der Waals surface area contributed by atoms with E-state index in [0.717, 1.165) is 4.31 Å². The van der Waals surface area contributed by atoms with Gasteiger partial charge in [0.15, 0.2) is 0 Å². The van der Waals surface area contributed by atoms with Crippen LogP contribution >= 0.6 is 0 Å². The predicted octanol–water partition coefficient (Wildman–Crippen LogP) is 2.19. The van der Waals surface area contributed by atoms with Crippen molar-refractivity contribution in [2.45, 2.75) is 16.7 Å². The predicted molar refractivity (Wildman–Crippen MR) is 112 cm³/mol. The zero-order chi connectivity index (χ0) is 21.8. The maximum atomic E-state index is 13.1. The topological polar surface area (TPSA) is 114 Å². The molecule has 0 radical (unpaired) electrons. The first kappa shape index (κ1) is 22.8. The Kier molecular flexibility index (Phi) is 6.98. The summed E-state index contributed by atoms with van der Waals surface area (Å²) in [5.41, 5.74) is 0.537. The van der Waals surface area contributed by atoms with Crippen molar-refractivity contribution < 1.29 is 26.3 Å². The molecule has 0 unspecified atom stereocenters. The van der Waals surface area contributed by atoms with Crippen molar-refractivity contribution in [1.82, 2.24) is 4.31 Å². The lowest BCUT2D eigenvalue weighted by Gasteiger charge is -2.18. The Hall–Kier alpha value is -2.50. The van der Waals surface area contributed by atoms with E-state index in [1.54, 1.807) is 6.07 Å². The van der Waals surface area contributed by atoms with Crippen LogP contribution in [0.2, 0.25) is 0 Å². The number of hydrogen-bond acceptors (Lipinski definition) is 7. The second-order valence-electron chi connectivity index (χ2n) is 6.15. The average molecular weight is 444 g/mol. The summed E-state index contributed by atoms with van der Waals surface area (Å²) in [4.78, 5) is -0.179. The van der Waals surface area contributed by atoms with E-state index in [2.05, 4.69) is 10.0 Å². The third kappa shape index (κ3) is 4.92. The smallest absolute Gasteiger partial charge is 0.265 e. The van der Waals surface area contributed by atoms with Crippen molar-refractivity contribution in [3.8, 4) is 11.5 Å². The van der Waals surface area contributed by atoms with Crippen LogP contribution in [0.15, 0.2) is 46.2 Å². The number of ether oxygens (including phenoxy) is 2. The van der Waals surface area contributed by atoms with Gasteiger partial charge in [0.2, 0.25) is 10.0 Å². The lowest BCUT2D eigenvalue weighted by molar-refractivity contribution is 0.392. The Morgan fingerprint density at radius 2 is 1.62 bits per heavy atom. The molecule has 0 fully saturated rings. The van der Waals surface area contributed by atoms with Gasteiger partial charge in [-0.3, -0.25) is 4.72 Å². The fraction of sp³-hybridized carbons (Fsp3) is 0.333. The third-order valence-electron chi connectivity index (χ3n) is 4.04. The quantitative estimate of drug-likeness (QED) is 0.611. The van der Waals surface area contributed by atoms with Gasteiger partial charge in [0, 0.05) is 26.7 Å². The molecule has 0 saturated carbocycles. The van der Waals surface area contributed by atoms with E-state index in [4.69, 9.17) is 9.47 Å². The molecule has 11 heteroatoms. The summed E-state index contributed by atoms with van der Waals surface area (Å²) in [5, 5.41) is 3.02. The molecule has 0 heterocycles. The van der Waals surface area contributed by atoms with Gasteiger partial charge >= 0.3 is 0 Å². The van der Waals surface area contributed by atoms with Crippen molar-refractivity contribution in [3.63, 3.8) is 0 Å². The van der Waals surface area contributed by atoms with Gasteiger partial charge in [0.25, 0.3) is 10.0 Å². The molecule has 0 aromatic heterocycles. The molecule has 2 N–H and O–H groups in total. The van der Waals surface area contributed by atoms with Crippen molar-refractivity contribution in [2.75, 3.05) is 44.9 Å². The van der Waals surface area contributed by atoms with Crippen LogP contribution in [-0.2, 0) is 20.0 Å². The molecule has 0 amide bonds. The third-order valence-corrected chi connectivity index (χ3v) is 7.24. The van der Waals surface area contributed by atoms with Crippen LogP contribution in [0.25, 0.3) is 0 Å². The second-order valence-corrected chi connectivity index (χ2v) is 9.95. The molecule has 0 aliphatic rings. The van der Waals surface area contributed by atoms with Crippen molar-refractivity contribution in [1.29, 1.82) is 0 Å². The molecule has 0 spiro atoms. The number of benzene rings is 2. The molecule has 0 atom stereocenters. The summed E-state index contributed by atoms with van der Waals surface area (Å²) < 4.78 is 64.8. The minimum atomic E-state index is -4.12. The molecule has 0 aliphatic heterocycles. The molecular formula is C18H25N3O6S2. The van der Waals surface area contributed by atoms with E-state index in [1.807, 2.05) is 6.92 Å². The van der Waals surface area contributed by atoms with Gasteiger partial charge in [-0.05, 0) is 37.3 Å². The Labute approximate surface area is 171 Å². The van der Waals surface area contributed by atoms with Crippen LogP contribution in [-0.4, -0.2) is 56.0 Å². The number of anilines is 2. The van der Waals surface area contributed by atoms with Crippen LogP contribution in [0.1, 0.15) is 6.92 Å². The number of nitrogens with zero attached hydrogens (tertiary/aromatic N) is 1. The van der Waals surface area contributed by atoms with Gasteiger partial charge in [-0.25, -0.2) is 21.1 Å². The molecule has 29 heavy (non-hydrogen) atoms. The molecule has 0 aliphatic carbocycles. The van der Waals surface area contributed by atoms with Gasteiger partial charge in [0.1, 0.15) is 16.4 Å². The second kappa shape index (κ2) is 8.89. The first-order chi connectivity index (χ1) is 13.6. The number of sulfonamides is 2. The standard InChI is InChI=1S/C18H25N3O6S2/c1-6-19-15-9-8-14(29(24,25)21(2)3)12-16(15)20-28(22,23)18-11-13(26-4)7-10-17(18)27-5/h7-12,19-20H,6H2,1-5H3. The van der Waals surface area contributed by atoms with E-state index >= 15 is 0 Å². The summed E-state index contributed by atoms with van der Waals surface area (Å²) in [6.07, 6.45) is 0. The maximum Gasteiger partial charge on any atom is 0.265 e. The van der Waals surface area contributed by atoms with E-state index in [9.17, 15) is 16.8 Å². The highest BCUT2D eigenvalue weighted by atomic mass is 32.2. The SMILES string of the molecule is CCNc1ccc(S(=O)(=O)N(C)C)cc1NS(=O)(=O)c1cc(OC)ccc1OC. The lowest BCUT2D eigenvalue weighted by Crippen LogP contribution is -2.23. The molecule has 160 valence electrons. The molecule has 9 nitrogen and oxygen atoms in total. The van der Waals surface area contributed by atoms with Crippen LogP contribution in [0.3, 0.4) is 0 Å². The number of methoxy groups -OCH3 is 2. The van der Waals surface area contributed by atoms with Crippen LogP contribution < -0.4 is 19.5 Å². The zero-order valence-electron chi connectivity index (χ0n) is 16.9. The van der Waals surface area contributed by atoms with Crippen molar-refractivity contribution >= 4 is 31.4 Å². The van der Waals surface area contributed by atoms with Crippen LogP contribution in [0, 0.1) is 0 Å². The molecule has 0 saturated heterocycles. The summed E-state index contributed by atoms with van der Waals surface area (Å²) >= 11 is 0. The number of rotatable bonds is 9. The average Bonchev–Trinajstić information content (AvgIpc) is 2.68. The first-order valence-corrected chi connectivity index (χ1v) is 11.5. The fourth-order valence-corrected chi connectivity index (χ4v) is 4.70. The van der Waals surface area contributed by atoms with Crippen LogP contribution in [0.5, 0.6) is 11.5 Å². The Morgan fingerprint density at radius 3 is 2.17 bits per heavy atom. The molecule has 2 aromatic carbocycles. The molecule has 0 bridgehead atoms. The summed E-state index contributed by atoms with van der Waals surface area (Å²) in [6.45, 7) is 2.35. The monoisotopic (exact) mass is 443 g/mol. The Bertz CT molecular complexity index is 1080. The van der Waals surface area contributed by atoms with Crippen molar-refractivity contribution in [3.05, 3.63) is 36.4 Å². The normalized spacial score (nSPS) is 11.9. The van der Waals surface area contributed by atoms with Gasteiger partial charge in [0.05, 0.1) is 30.5 Å². The molecule has 2 aromatic rings. The summed E-state index contributed by atoms with van der Waals surface area (Å²) in [7, 11) is -2.28. The van der Waals surface area contributed by atoms with Gasteiger partial charge in [-0.2, -0.15) is 0 Å². The summed E-state index contributed by atoms with van der Waals surface area (Å²) in [6, 6.07) is 8.58. The Morgan fingerprint density at radius 1 is 0.931 bits per heavy atom. The number of nitrogens with one attached hydrogen (secondary N) is 2. The minimum absolute atomic E-state index is 0.0422. The van der Waals surface area contributed by atoms with E-state index < -0.39 is 20.0 Å². The van der Waals surface area contributed by atoms with E-state index in [1.165, 1.54) is 58.6 Å². The highest BCUT2D eigenvalue weighted by molar-refractivity contribution is 7.93. The summed E-state index contributed by atoms with van der Waals surface area (Å²) in [5.74, 6) is 0.461.